The second kappa shape index (κ2) is 6.92. The first-order valence-corrected chi connectivity index (χ1v) is 9.12. The third-order valence-corrected chi connectivity index (χ3v) is 6.66. The number of halogens is 2. The van der Waals surface area contributed by atoms with Crippen LogP contribution in [0.4, 0.5) is 0 Å². The number of hydrogen-bond donors (Lipinski definition) is 2. The molecule has 1 aliphatic heterocycles. The summed E-state index contributed by atoms with van der Waals surface area (Å²) in [6.07, 6.45) is 1.44. The van der Waals surface area contributed by atoms with Crippen LogP contribution < -0.4 is 5.43 Å². The molecule has 104 valence electrons. The molecule has 19 heavy (non-hydrogen) atoms. The fourth-order valence-corrected chi connectivity index (χ4v) is 3.48. The van der Waals surface area contributed by atoms with Gasteiger partial charge in [0.1, 0.15) is 4.05 Å². The monoisotopic (exact) mass is 503 g/mol. The molecule has 3 atom stereocenters. The third kappa shape index (κ3) is 4.45. The molecule has 2 N–H and O–H groups in total. The van der Waals surface area contributed by atoms with Crippen molar-refractivity contribution in [1.29, 1.82) is 0 Å². The van der Waals surface area contributed by atoms with Gasteiger partial charge in [-0.3, -0.25) is 0 Å². The molecule has 1 aromatic carbocycles. The van der Waals surface area contributed by atoms with Crippen LogP contribution in [0.15, 0.2) is 35.4 Å². The highest BCUT2D eigenvalue weighted by Gasteiger charge is 2.35. The lowest BCUT2D eigenvalue weighted by molar-refractivity contribution is 0.0943. The number of hydrogen-bond acceptors (Lipinski definition) is 5. The second-order valence-corrected chi connectivity index (χ2v) is 9.16. The van der Waals surface area contributed by atoms with Crippen LogP contribution in [0, 0.1) is 0 Å². The lowest BCUT2D eigenvalue weighted by Gasteiger charge is -2.27. The molecule has 2 unspecified atom stereocenters. The van der Waals surface area contributed by atoms with Gasteiger partial charge in [-0.25, -0.2) is 5.12 Å². The molecule has 0 spiro atoms. The lowest BCUT2D eigenvalue weighted by Crippen LogP contribution is -2.47. The highest BCUT2D eigenvalue weighted by atomic mass is 127. The minimum Gasteiger partial charge on any atom is -0.390 e. The lowest BCUT2D eigenvalue weighted by atomic mass is 10.2. The van der Waals surface area contributed by atoms with Crippen molar-refractivity contribution in [3.05, 3.63) is 35.9 Å². The molecule has 1 aromatic rings. The molecule has 0 aromatic heterocycles. The van der Waals surface area contributed by atoms with E-state index < -0.39 is 6.10 Å². The molecule has 1 heterocycles. The molecule has 2 rings (SSSR count). The quantitative estimate of drug-likeness (QED) is 0.369. The van der Waals surface area contributed by atoms with Crippen molar-refractivity contribution in [2.24, 2.45) is 5.10 Å². The van der Waals surface area contributed by atoms with Gasteiger partial charge in [-0.05, 0) is 35.1 Å². The first kappa shape index (κ1) is 15.8. The molecular weight excluding hydrogens is 488 g/mol. The highest BCUT2D eigenvalue weighted by Crippen LogP contribution is 2.35. The zero-order chi connectivity index (χ0) is 13.9. The average molecular weight is 503 g/mol. The van der Waals surface area contributed by atoms with E-state index in [1.54, 1.807) is 23.8 Å². The van der Waals surface area contributed by atoms with Crippen molar-refractivity contribution >= 4 is 63.2 Å². The van der Waals surface area contributed by atoms with Crippen molar-refractivity contribution in [2.75, 3.05) is 0 Å². The van der Waals surface area contributed by atoms with Gasteiger partial charge < -0.3 is 5.11 Å². The summed E-state index contributed by atoms with van der Waals surface area (Å²) < 4.78 is -0.339. The normalized spacial score (nSPS) is 25.6. The fraction of sp³-hybridized carbons (Fsp3) is 0.417. The van der Waals surface area contributed by atoms with Gasteiger partial charge in [-0.1, -0.05) is 52.9 Å². The van der Waals surface area contributed by atoms with Crippen LogP contribution in [0.1, 0.15) is 12.5 Å². The predicted octanol–water partition coefficient (Wildman–Crippen LogP) is 2.96. The SMILES string of the molecule is CC(O)[C@@H](I)N1N=CC(I)(SCc2ccccc2)N1. The van der Waals surface area contributed by atoms with Crippen LogP contribution in [0.25, 0.3) is 0 Å². The van der Waals surface area contributed by atoms with Gasteiger partial charge in [0.05, 0.1) is 12.3 Å². The van der Waals surface area contributed by atoms with E-state index in [0.717, 1.165) is 5.75 Å². The highest BCUT2D eigenvalue weighted by molar-refractivity contribution is 14.1. The Bertz CT molecular complexity index is 446. The smallest absolute Gasteiger partial charge is 0.172 e. The molecule has 0 saturated heterocycles. The first-order chi connectivity index (χ1) is 9.00. The van der Waals surface area contributed by atoms with E-state index in [-0.39, 0.29) is 6.93 Å². The maximum Gasteiger partial charge on any atom is 0.172 e. The molecule has 1 aliphatic rings. The number of nitrogens with one attached hydrogen (secondary N) is 1. The Hall–Kier alpha value is 0.420. The van der Waals surface area contributed by atoms with E-state index in [0.29, 0.717) is 0 Å². The number of aliphatic hydroxyl groups excluding tert-OH is 1. The number of hydrazone groups is 1. The van der Waals surface area contributed by atoms with Crippen LogP contribution in [0.2, 0.25) is 0 Å². The summed E-state index contributed by atoms with van der Waals surface area (Å²) in [5, 5.41) is 15.6. The van der Waals surface area contributed by atoms with Crippen LogP contribution >= 0.6 is 56.9 Å². The maximum atomic E-state index is 9.59. The molecule has 0 saturated carbocycles. The number of rotatable bonds is 5. The van der Waals surface area contributed by atoms with Crippen molar-refractivity contribution in [1.82, 2.24) is 10.5 Å². The summed E-state index contributed by atoms with van der Waals surface area (Å²) in [4.78, 5) is 0. The van der Waals surface area contributed by atoms with Gasteiger partial charge in [-0.2, -0.15) is 10.5 Å². The standard InChI is InChI=1S/C12H15I2N3OS/c1-9(18)11(13)17-15-8-12(14,16-17)19-7-10-5-3-2-4-6-10/h2-6,8-9,11,16,18H,7H2,1H3/t9?,11-,12?/m0/s1. The van der Waals surface area contributed by atoms with E-state index in [1.807, 2.05) is 24.4 Å². The Kier molecular flexibility index (Phi) is 5.76. The van der Waals surface area contributed by atoms with Crippen molar-refractivity contribution in [3.8, 4) is 0 Å². The van der Waals surface area contributed by atoms with Crippen LogP contribution in [0.5, 0.6) is 0 Å². The number of aliphatic hydroxyl groups is 1. The summed E-state index contributed by atoms with van der Waals surface area (Å²) in [7, 11) is 0. The van der Waals surface area contributed by atoms with Gasteiger partial charge in [0, 0.05) is 5.75 Å². The maximum absolute atomic E-state index is 9.59. The van der Waals surface area contributed by atoms with E-state index >= 15 is 0 Å². The molecule has 4 nitrogen and oxygen atoms in total. The topological polar surface area (TPSA) is 47.9 Å². The Morgan fingerprint density at radius 3 is 2.79 bits per heavy atom. The van der Waals surface area contributed by atoms with E-state index in [9.17, 15) is 5.11 Å². The van der Waals surface area contributed by atoms with E-state index in [4.69, 9.17) is 0 Å². The van der Waals surface area contributed by atoms with Crippen LogP contribution in [-0.2, 0) is 5.75 Å². The molecular formula is C12H15I2N3OS. The number of nitrogens with zero attached hydrogens (tertiary/aromatic N) is 2. The number of thioether (sulfide) groups is 1. The van der Waals surface area contributed by atoms with Gasteiger partial charge >= 0.3 is 0 Å². The Morgan fingerprint density at radius 1 is 1.47 bits per heavy atom. The fourth-order valence-electron chi connectivity index (χ4n) is 1.51. The summed E-state index contributed by atoms with van der Waals surface area (Å²) in [6.45, 7) is 1.76. The van der Waals surface area contributed by atoms with Crippen molar-refractivity contribution in [3.63, 3.8) is 0 Å². The van der Waals surface area contributed by atoms with Gasteiger partial charge in [0.25, 0.3) is 0 Å². The zero-order valence-corrected chi connectivity index (χ0v) is 15.5. The van der Waals surface area contributed by atoms with Crippen LogP contribution in [0.3, 0.4) is 0 Å². The van der Waals surface area contributed by atoms with Gasteiger partial charge in [0.15, 0.2) is 2.88 Å². The minimum atomic E-state index is -0.442. The van der Waals surface area contributed by atoms with Gasteiger partial charge in [-0.15, -0.1) is 11.8 Å². The molecule has 7 heteroatoms. The van der Waals surface area contributed by atoms with E-state index in [2.05, 4.69) is 67.8 Å². The van der Waals surface area contributed by atoms with Crippen molar-refractivity contribution in [2.45, 2.75) is 25.7 Å². The van der Waals surface area contributed by atoms with Crippen molar-refractivity contribution < 1.29 is 5.11 Å². The summed E-state index contributed by atoms with van der Waals surface area (Å²) in [6, 6.07) is 10.4. The summed E-state index contributed by atoms with van der Waals surface area (Å²) in [5.41, 5.74) is 4.60. The van der Waals surface area contributed by atoms with E-state index in [1.165, 1.54) is 5.56 Å². The van der Waals surface area contributed by atoms with Crippen LogP contribution in [-0.4, -0.2) is 29.5 Å². The minimum absolute atomic E-state index is 0.0807. The number of hydrazine groups is 1. The number of benzene rings is 1. The average Bonchev–Trinajstić information content (AvgIpc) is 2.80. The second-order valence-electron chi connectivity index (χ2n) is 4.23. The summed E-state index contributed by atoms with van der Waals surface area (Å²) in [5.74, 6) is 0.914. The zero-order valence-electron chi connectivity index (χ0n) is 10.3. The molecule has 0 bridgehead atoms. The largest absolute Gasteiger partial charge is 0.390 e. The Balaban J connectivity index is 1.90. The molecule has 0 amide bonds. The molecule has 0 fully saturated rings. The summed E-state index contributed by atoms with van der Waals surface area (Å²) >= 11 is 6.29. The Labute approximate surface area is 144 Å². The predicted molar refractivity (Wildman–Crippen MR) is 97.4 cm³/mol. The number of alkyl halides is 2. The molecule has 0 aliphatic carbocycles. The first-order valence-electron chi connectivity index (χ1n) is 5.81. The van der Waals surface area contributed by atoms with Gasteiger partial charge in [0.2, 0.25) is 0 Å². The third-order valence-electron chi connectivity index (χ3n) is 2.54. The molecule has 0 radical (unpaired) electrons. The Morgan fingerprint density at radius 2 is 2.16 bits per heavy atom.